The predicted molar refractivity (Wildman–Crippen MR) is 69.8 cm³/mol. The Labute approximate surface area is 105 Å². The highest BCUT2D eigenvalue weighted by Gasteiger charge is 2.23. The van der Waals surface area contributed by atoms with Gasteiger partial charge in [-0.1, -0.05) is 47.3 Å². The predicted octanol–water partition coefficient (Wildman–Crippen LogP) is 4.52. The molecule has 2 rings (SSSR count). The van der Waals surface area contributed by atoms with Crippen LogP contribution in [0.5, 0.6) is 0 Å². The fourth-order valence-corrected chi connectivity index (χ4v) is 2.83. The van der Waals surface area contributed by atoms with Gasteiger partial charge in [-0.25, -0.2) is 0 Å². The first-order chi connectivity index (χ1) is 7.70. The molecule has 86 valence electrons. The van der Waals surface area contributed by atoms with Crippen LogP contribution in [0.4, 0.5) is 0 Å². The Morgan fingerprint density at radius 3 is 2.62 bits per heavy atom. The molecule has 0 unspecified atom stereocenters. The Kier molecular flexibility index (Phi) is 3.80. The summed E-state index contributed by atoms with van der Waals surface area (Å²) in [7, 11) is 0. The standard InChI is InChI=1S/C14H17BrO/c1-10-12(8-5-9-13(10)15)14(16)11-6-3-2-4-7-11/h5,8-9,11H,2-4,6-7H2,1H3. The van der Waals surface area contributed by atoms with E-state index < -0.39 is 0 Å². The lowest BCUT2D eigenvalue weighted by Gasteiger charge is -2.21. The largest absolute Gasteiger partial charge is 0.294 e. The van der Waals surface area contributed by atoms with Gasteiger partial charge in [-0.05, 0) is 31.4 Å². The van der Waals surface area contributed by atoms with E-state index in [0.29, 0.717) is 5.78 Å². The van der Waals surface area contributed by atoms with Crippen LogP contribution in [-0.4, -0.2) is 5.78 Å². The quantitative estimate of drug-likeness (QED) is 0.728. The fourth-order valence-electron chi connectivity index (χ4n) is 2.46. The molecule has 1 fully saturated rings. The lowest BCUT2D eigenvalue weighted by molar-refractivity contribution is 0.0889. The van der Waals surface area contributed by atoms with E-state index in [1.165, 1.54) is 19.3 Å². The summed E-state index contributed by atoms with van der Waals surface area (Å²) >= 11 is 3.49. The van der Waals surface area contributed by atoms with Crippen LogP contribution in [0.3, 0.4) is 0 Å². The summed E-state index contributed by atoms with van der Waals surface area (Å²) in [6, 6.07) is 5.90. The molecule has 1 aliphatic rings. The third-order valence-electron chi connectivity index (χ3n) is 3.51. The maximum absolute atomic E-state index is 12.4. The molecular weight excluding hydrogens is 264 g/mol. The van der Waals surface area contributed by atoms with Crippen molar-refractivity contribution >= 4 is 21.7 Å². The van der Waals surface area contributed by atoms with Crippen molar-refractivity contribution in [2.45, 2.75) is 39.0 Å². The van der Waals surface area contributed by atoms with Crippen LogP contribution in [0.15, 0.2) is 22.7 Å². The monoisotopic (exact) mass is 280 g/mol. The molecule has 0 atom stereocenters. The summed E-state index contributed by atoms with van der Waals surface area (Å²) in [5.41, 5.74) is 1.99. The number of halogens is 1. The van der Waals surface area contributed by atoms with Crippen molar-refractivity contribution in [1.29, 1.82) is 0 Å². The van der Waals surface area contributed by atoms with Gasteiger partial charge in [-0.15, -0.1) is 0 Å². The molecule has 0 radical (unpaired) electrons. The van der Waals surface area contributed by atoms with E-state index in [9.17, 15) is 4.79 Å². The molecule has 0 bridgehead atoms. The van der Waals surface area contributed by atoms with Gasteiger partial charge >= 0.3 is 0 Å². The van der Waals surface area contributed by atoms with Crippen molar-refractivity contribution in [3.63, 3.8) is 0 Å². The van der Waals surface area contributed by atoms with Crippen molar-refractivity contribution in [3.8, 4) is 0 Å². The minimum absolute atomic E-state index is 0.266. The van der Waals surface area contributed by atoms with E-state index in [-0.39, 0.29) is 5.92 Å². The topological polar surface area (TPSA) is 17.1 Å². The Hall–Kier alpha value is -0.630. The second-order valence-corrected chi connectivity index (χ2v) is 5.47. The molecule has 1 aromatic rings. The van der Waals surface area contributed by atoms with Gasteiger partial charge in [-0.2, -0.15) is 0 Å². The van der Waals surface area contributed by atoms with E-state index in [1.54, 1.807) is 0 Å². The number of benzene rings is 1. The summed E-state index contributed by atoms with van der Waals surface area (Å²) in [5, 5.41) is 0. The second-order valence-electron chi connectivity index (χ2n) is 4.61. The first kappa shape index (κ1) is 11.8. The summed E-state index contributed by atoms with van der Waals surface area (Å²) in [5.74, 6) is 0.611. The van der Waals surface area contributed by atoms with Crippen LogP contribution >= 0.6 is 15.9 Å². The van der Waals surface area contributed by atoms with Crippen molar-refractivity contribution < 1.29 is 4.79 Å². The Morgan fingerprint density at radius 2 is 1.94 bits per heavy atom. The lowest BCUT2D eigenvalue weighted by atomic mass is 9.83. The number of Topliss-reactive ketones (excluding diaryl/α,β-unsaturated/α-hetero) is 1. The van der Waals surface area contributed by atoms with Gasteiger partial charge in [0.1, 0.15) is 0 Å². The highest BCUT2D eigenvalue weighted by molar-refractivity contribution is 9.10. The smallest absolute Gasteiger partial charge is 0.166 e. The van der Waals surface area contributed by atoms with Crippen molar-refractivity contribution in [2.75, 3.05) is 0 Å². The molecule has 0 aromatic heterocycles. The summed E-state index contributed by atoms with van der Waals surface area (Å²) < 4.78 is 1.04. The minimum atomic E-state index is 0.266. The molecule has 1 saturated carbocycles. The normalized spacial score (nSPS) is 17.4. The first-order valence-electron chi connectivity index (χ1n) is 5.99. The van der Waals surface area contributed by atoms with E-state index in [1.807, 2.05) is 25.1 Å². The van der Waals surface area contributed by atoms with Crippen molar-refractivity contribution in [2.24, 2.45) is 5.92 Å². The highest BCUT2D eigenvalue weighted by atomic mass is 79.9. The molecule has 16 heavy (non-hydrogen) atoms. The molecule has 1 aliphatic carbocycles. The molecule has 1 nitrogen and oxygen atoms in total. The molecule has 0 saturated heterocycles. The third-order valence-corrected chi connectivity index (χ3v) is 4.37. The Balaban J connectivity index is 2.22. The minimum Gasteiger partial charge on any atom is -0.294 e. The van der Waals surface area contributed by atoms with Crippen molar-refractivity contribution in [3.05, 3.63) is 33.8 Å². The van der Waals surface area contributed by atoms with E-state index in [0.717, 1.165) is 28.4 Å². The van der Waals surface area contributed by atoms with E-state index in [4.69, 9.17) is 0 Å². The zero-order valence-electron chi connectivity index (χ0n) is 9.63. The highest BCUT2D eigenvalue weighted by Crippen LogP contribution is 2.29. The van der Waals surface area contributed by atoms with E-state index >= 15 is 0 Å². The molecule has 2 heteroatoms. The average molecular weight is 281 g/mol. The van der Waals surface area contributed by atoms with Gasteiger partial charge in [0.15, 0.2) is 5.78 Å². The molecule has 1 aromatic carbocycles. The van der Waals surface area contributed by atoms with Crippen molar-refractivity contribution in [1.82, 2.24) is 0 Å². The SMILES string of the molecule is Cc1c(Br)cccc1C(=O)C1CCCCC1. The molecule has 0 aliphatic heterocycles. The summed E-state index contributed by atoms with van der Waals surface area (Å²) in [4.78, 5) is 12.4. The molecular formula is C14H17BrO. The van der Waals surface area contributed by atoms with Crippen LogP contribution in [0.2, 0.25) is 0 Å². The van der Waals surface area contributed by atoms with Gasteiger partial charge < -0.3 is 0 Å². The third kappa shape index (κ3) is 2.37. The molecule has 0 amide bonds. The second kappa shape index (κ2) is 5.13. The number of ketones is 1. The maximum Gasteiger partial charge on any atom is 0.166 e. The van der Waals surface area contributed by atoms with Gasteiger partial charge in [0.25, 0.3) is 0 Å². The molecule has 0 spiro atoms. The average Bonchev–Trinajstić information content (AvgIpc) is 2.33. The van der Waals surface area contributed by atoms with Crippen LogP contribution in [-0.2, 0) is 0 Å². The van der Waals surface area contributed by atoms with Crippen LogP contribution in [0, 0.1) is 12.8 Å². The van der Waals surface area contributed by atoms with Gasteiger partial charge in [0.05, 0.1) is 0 Å². The zero-order valence-corrected chi connectivity index (χ0v) is 11.2. The van der Waals surface area contributed by atoms with E-state index in [2.05, 4.69) is 15.9 Å². The fraction of sp³-hybridized carbons (Fsp3) is 0.500. The molecule has 0 heterocycles. The summed E-state index contributed by atoms with van der Waals surface area (Å²) in [6.45, 7) is 2.01. The Bertz CT molecular complexity index is 392. The van der Waals surface area contributed by atoms with Crippen LogP contribution in [0.1, 0.15) is 48.0 Å². The summed E-state index contributed by atoms with van der Waals surface area (Å²) in [6.07, 6.45) is 5.86. The maximum atomic E-state index is 12.4. The lowest BCUT2D eigenvalue weighted by Crippen LogP contribution is -2.18. The van der Waals surface area contributed by atoms with Crippen LogP contribution in [0.25, 0.3) is 0 Å². The number of rotatable bonds is 2. The van der Waals surface area contributed by atoms with Gasteiger partial charge in [0.2, 0.25) is 0 Å². The van der Waals surface area contributed by atoms with Crippen LogP contribution < -0.4 is 0 Å². The van der Waals surface area contributed by atoms with Gasteiger partial charge in [-0.3, -0.25) is 4.79 Å². The number of hydrogen-bond acceptors (Lipinski definition) is 1. The zero-order chi connectivity index (χ0) is 11.5. The van der Waals surface area contributed by atoms with Gasteiger partial charge in [0, 0.05) is 16.0 Å². The Morgan fingerprint density at radius 1 is 1.25 bits per heavy atom. The molecule has 0 N–H and O–H groups in total. The first-order valence-corrected chi connectivity index (χ1v) is 6.79. The number of hydrogen-bond donors (Lipinski definition) is 0. The number of carbonyl (C=O) groups excluding carboxylic acids is 1. The number of carbonyl (C=O) groups is 1.